The van der Waals surface area contributed by atoms with Crippen molar-refractivity contribution >= 4 is 21.7 Å². The molecule has 10 heteroatoms. The summed E-state index contributed by atoms with van der Waals surface area (Å²) in [4.78, 5) is 25.1. The van der Waals surface area contributed by atoms with E-state index in [0.717, 1.165) is 36.8 Å². The van der Waals surface area contributed by atoms with Gasteiger partial charge in [0.15, 0.2) is 9.84 Å². The topological polar surface area (TPSA) is 128 Å². The summed E-state index contributed by atoms with van der Waals surface area (Å²) in [5.41, 5.74) is 2.45. The second-order valence-electron chi connectivity index (χ2n) is 11.0. The summed E-state index contributed by atoms with van der Waals surface area (Å²) in [5.74, 6) is -1.20. The van der Waals surface area contributed by atoms with E-state index in [0.29, 0.717) is 50.4 Å². The number of hydrogen-bond donors (Lipinski definition) is 2. The van der Waals surface area contributed by atoms with Crippen LogP contribution in [0.4, 0.5) is 0 Å². The van der Waals surface area contributed by atoms with Crippen molar-refractivity contribution in [3.63, 3.8) is 0 Å². The molecule has 2 aliphatic heterocycles. The molecule has 0 atom stereocenters. The first kappa shape index (κ1) is 26.3. The van der Waals surface area contributed by atoms with Gasteiger partial charge in [-0.3, -0.25) is 9.48 Å². The van der Waals surface area contributed by atoms with Crippen LogP contribution >= 0.6 is 0 Å². The van der Waals surface area contributed by atoms with Crippen LogP contribution in [0, 0.1) is 10.8 Å². The van der Waals surface area contributed by atoms with E-state index in [2.05, 4.69) is 5.32 Å². The van der Waals surface area contributed by atoms with Crippen molar-refractivity contribution in [2.24, 2.45) is 10.8 Å². The predicted molar refractivity (Wildman–Crippen MR) is 134 cm³/mol. The molecule has 0 bridgehead atoms. The zero-order valence-electron chi connectivity index (χ0n) is 21.4. The van der Waals surface area contributed by atoms with Gasteiger partial charge in [-0.2, -0.15) is 5.10 Å². The van der Waals surface area contributed by atoms with Crippen molar-refractivity contribution in [1.82, 2.24) is 15.1 Å². The maximum Gasteiger partial charge on any atom is 0.335 e. The lowest BCUT2D eigenvalue weighted by Gasteiger charge is -2.36. The third-order valence-corrected chi connectivity index (χ3v) is 8.54. The van der Waals surface area contributed by atoms with Crippen LogP contribution in [0.15, 0.2) is 23.1 Å². The number of benzene rings is 1. The predicted octanol–water partition coefficient (Wildman–Crippen LogP) is 2.90. The molecule has 1 saturated heterocycles. The smallest absolute Gasteiger partial charge is 0.335 e. The van der Waals surface area contributed by atoms with E-state index in [1.807, 2.05) is 20.8 Å². The van der Waals surface area contributed by atoms with Crippen molar-refractivity contribution in [2.45, 2.75) is 64.3 Å². The average Bonchev–Trinajstić information content (AvgIpc) is 3.05. The van der Waals surface area contributed by atoms with Gasteiger partial charge in [0.25, 0.3) is 5.91 Å². The Morgan fingerprint density at radius 3 is 2.56 bits per heavy atom. The molecule has 2 aliphatic rings. The van der Waals surface area contributed by atoms with Gasteiger partial charge < -0.3 is 15.2 Å². The van der Waals surface area contributed by atoms with E-state index in [1.54, 1.807) is 4.68 Å². The minimum Gasteiger partial charge on any atom is -0.478 e. The van der Waals surface area contributed by atoms with Gasteiger partial charge in [-0.25, -0.2) is 13.2 Å². The standard InChI is InChI=1S/C26H35N3O6S/c1-5-29-22-20(14-26(16-27-23(22)30)8-10-35-11-9-26)21(28-29)15-25(2,3)13-17-12-18(36(4,33)34)6-7-19(17)24(31)32/h6-7,12H,5,8-11,13-16H2,1-4H3,(H,27,30)(H,31,32). The summed E-state index contributed by atoms with van der Waals surface area (Å²) in [6.45, 7) is 8.50. The first-order valence-electron chi connectivity index (χ1n) is 12.3. The molecule has 196 valence electrons. The molecule has 1 aromatic carbocycles. The van der Waals surface area contributed by atoms with Crippen LogP contribution in [0.3, 0.4) is 0 Å². The van der Waals surface area contributed by atoms with Crippen LogP contribution in [-0.4, -0.2) is 61.2 Å². The van der Waals surface area contributed by atoms with E-state index in [9.17, 15) is 23.1 Å². The lowest BCUT2D eigenvalue weighted by atomic mass is 9.74. The number of carboxylic acids is 1. The summed E-state index contributed by atoms with van der Waals surface area (Å²) in [6.07, 6.45) is 4.45. The number of rotatable bonds is 7. The highest BCUT2D eigenvalue weighted by Crippen LogP contribution is 2.39. The van der Waals surface area contributed by atoms with Crippen LogP contribution in [0.5, 0.6) is 0 Å². The number of fused-ring (bicyclic) bond motifs is 1. The van der Waals surface area contributed by atoms with Crippen molar-refractivity contribution in [2.75, 3.05) is 26.0 Å². The zero-order valence-corrected chi connectivity index (χ0v) is 22.2. The van der Waals surface area contributed by atoms with Gasteiger partial charge in [-0.1, -0.05) is 13.8 Å². The summed E-state index contributed by atoms with van der Waals surface area (Å²) in [5, 5.41) is 17.7. The molecule has 2 aromatic rings. The Labute approximate surface area is 212 Å². The molecule has 1 fully saturated rings. The summed E-state index contributed by atoms with van der Waals surface area (Å²) in [7, 11) is -3.48. The summed E-state index contributed by atoms with van der Waals surface area (Å²) in [6, 6.07) is 4.17. The Kier molecular flexibility index (Phi) is 7.04. The van der Waals surface area contributed by atoms with E-state index >= 15 is 0 Å². The van der Waals surface area contributed by atoms with Gasteiger partial charge in [0.1, 0.15) is 5.69 Å². The second-order valence-corrected chi connectivity index (χ2v) is 13.0. The zero-order chi connectivity index (χ0) is 26.3. The monoisotopic (exact) mass is 517 g/mol. The highest BCUT2D eigenvalue weighted by molar-refractivity contribution is 7.90. The highest BCUT2D eigenvalue weighted by atomic mass is 32.2. The van der Waals surface area contributed by atoms with Crippen molar-refractivity contribution < 1.29 is 27.9 Å². The van der Waals surface area contributed by atoms with Gasteiger partial charge in [-0.05, 0) is 73.6 Å². The van der Waals surface area contributed by atoms with Gasteiger partial charge in [0.05, 0.1) is 16.2 Å². The number of nitrogens with zero attached hydrogens (tertiary/aromatic N) is 2. The van der Waals surface area contributed by atoms with Gasteiger partial charge in [0.2, 0.25) is 0 Å². The first-order valence-corrected chi connectivity index (χ1v) is 14.2. The van der Waals surface area contributed by atoms with Crippen LogP contribution in [-0.2, 0) is 40.4 Å². The Morgan fingerprint density at radius 2 is 1.94 bits per heavy atom. The average molecular weight is 518 g/mol. The molecular weight excluding hydrogens is 482 g/mol. The lowest BCUT2D eigenvalue weighted by molar-refractivity contribution is 0.0160. The number of sulfone groups is 1. The number of aromatic carboxylic acids is 1. The van der Waals surface area contributed by atoms with Crippen LogP contribution in [0.1, 0.15) is 71.3 Å². The molecule has 0 radical (unpaired) electrons. The third kappa shape index (κ3) is 5.34. The minimum absolute atomic E-state index is 0.0695. The number of carbonyl (C=O) groups is 2. The maximum atomic E-state index is 13.1. The molecule has 1 amide bonds. The van der Waals surface area contributed by atoms with Gasteiger partial charge in [-0.15, -0.1) is 0 Å². The molecular formula is C26H35N3O6S. The largest absolute Gasteiger partial charge is 0.478 e. The fourth-order valence-corrected chi connectivity index (χ4v) is 6.16. The highest BCUT2D eigenvalue weighted by Gasteiger charge is 2.40. The summed E-state index contributed by atoms with van der Waals surface area (Å²) < 4.78 is 31.6. The number of aryl methyl sites for hydroxylation is 1. The molecule has 1 spiro atoms. The molecule has 2 N–H and O–H groups in total. The van der Waals surface area contributed by atoms with Crippen molar-refractivity contribution in [3.8, 4) is 0 Å². The van der Waals surface area contributed by atoms with Crippen LogP contribution in [0.25, 0.3) is 0 Å². The Hall–Kier alpha value is -2.72. The third-order valence-electron chi connectivity index (χ3n) is 7.43. The fraction of sp³-hybridized carbons (Fsp3) is 0.577. The molecule has 0 saturated carbocycles. The quantitative estimate of drug-likeness (QED) is 0.578. The Morgan fingerprint density at radius 1 is 1.25 bits per heavy atom. The molecule has 3 heterocycles. The summed E-state index contributed by atoms with van der Waals surface area (Å²) >= 11 is 0. The fourth-order valence-electron chi connectivity index (χ4n) is 5.49. The number of nitrogens with one attached hydrogen (secondary N) is 1. The van der Waals surface area contributed by atoms with Gasteiger partial charge in [0, 0.05) is 38.1 Å². The maximum absolute atomic E-state index is 13.1. The lowest BCUT2D eigenvalue weighted by Crippen LogP contribution is -2.40. The first-order chi connectivity index (χ1) is 16.8. The number of amides is 1. The molecule has 4 rings (SSSR count). The molecule has 0 aliphatic carbocycles. The molecule has 36 heavy (non-hydrogen) atoms. The second kappa shape index (κ2) is 9.63. The SMILES string of the molecule is CCn1nc(CC(C)(C)Cc2cc(S(C)(=O)=O)ccc2C(=O)O)c2c1C(=O)NCC1(CCOCC1)C2. The van der Waals surface area contributed by atoms with Crippen molar-refractivity contribution in [1.29, 1.82) is 0 Å². The number of hydrogen-bond acceptors (Lipinski definition) is 6. The molecule has 1 aromatic heterocycles. The van der Waals surface area contributed by atoms with E-state index < -0.39 is 21.2 Å². The number of carbonyl (C=O) groups excluding carboxylic acids is 1. The van der Waals surface area contributed by atoms with Crippen LogP contribution < -0.4 is 5.32 Å². The van der Waals surface area contributed by atoms with E-state index in [4.69, 9.17) is 9.84 Å². The van der Waals surface area contributed by atoms with Crippen LogP contribution in [0.2, 0.25) is 0 Å². The molecule has 9 nitrogen and oxygen atoms in total. The number of ether oxygens (including phenoxy) is 1. The number of aromatic nitrogens is 2. The van der Waals surface area contributed by atoms with E-state index in [1.165, 1.54) is 18.2 Å². The van der Waals surface area contributed by atoms with E-state index in [-0.39, 0.29) is 21.8 Å². The normalized spacial score (nSPS) is 17.9. The molecule has 0 unspecified atom stereocenters. The number of carboxylic acid groups (broad SMARTS) is 1. The Bertz CT molecular complexity index is 1290. The Balaban J connectivity index is 1.71. The van der Waals surface area contributed by atoms with Crippen molar-refractivity contribution in [3.05, 3.63) is 46.3 Å². The minimum atomic E-state index is -3.48. The van der Waals surface area contributed by atoms with Gasteiger partial charge >= 0.3 is 5.97 Å².